The van der Waals surface area contributed by atoms with E-state index in [2.05, 4.69) is 0 Å². The number of fused-ring (bicyclic) bond motifs is 1. The molecule has 5 nitrogen and oxygen atoms in total. The molecule has 0 radical (unpaired) electrons. The number of likely N-dealkylation sites (tertiary alicyclic amines) is 1. The molecule has 1 amide bonds. The Bertz CT molecular complexity index is 1180. The van der Waals surface area contributed by atoms with Crippen LogP contribution in [0, 0.1) is 6.92 Å². The van der Waals surface area contributed by atoms with Crippen LogP contribution in [0.3, 0.4) is 0 Å². The molecule has 1 N–H and O–H groups in total. The number of nitrogens with zero attached hydrogens (tertiary/aromatic N) is 1. The van der Waals surface area contributed by atoms with Gasteiger partial charge >= 0.3 is 0 Å². The highest BCUT2D eigenvalue weighted by molar-refractivity contribution is 6.46. The average molecular weight is 401 g/mol. The monoisotopic (exact) mass is 401 g/mol. The second kappa shape index (κ2) is 7.17. The first-order chi connectivity index (χ1) is 14.5. The third kappa shape index (κ3) is 2.93. The van der Waals surface area contributed by atoms with E-state index in [0.29, 0.717) is 17.1 Å². The van der Waals surface area contributed by atoms with Gasteiger partial charge in [-0.3, -0.25) is 9.59 Å². The number of furan rings is 1. The van der Waals surface area contributed by atoms with Crippen molar-refractivity contribution in [1.82, 2.24) is 4.90 Å². The van der Waals surface area contributed by atoms with Gasteiger partial charge in [0.05, 0.1) is 5.57 Å². The number of rotatable bonds is 3. The van der Waals surface area contributed by atoms with Gasteiger partial charge in [0.2, 0.25) is 0 Å². The molecule has 2 heterocycles. The van der Waals surface area contributed by atoms with E-state index in [4.69, 9.17) is 4.42 Å². The number of aryl methyl sites for hydroxylation is 1. The van der Waals surface area contributed by atoms with E-state index < -0.39 is 17.7 Å². The summed E-state index contributed by atoms with van der Waals surface area (Å²) in [5, 5.41) is 13.2. The molecule has 0 bridgehead atoms. The van der Waals surface area contributed by atoms with Crippen LogP contribution in [0.5, 0.6) is 0 Å². The molecule has 1 aromatic heterocycles. The van der Waals surface area contributed by atoms with Crippen LogP contribution in [0.15, 0.2) is 64.6 Å². The van der Waals surface area contributed by atoms with Gasteiger partial charge in [0.25, 0.3) is 11.7 Å². The molecule has 1 saturated carbocycles. The molecule has 1 aliphatic carbocycles. The lowest BCUT2D eigenvalue weighted by Crippen LogP contribution is -2.37. The molecule has 2 aliphatic rings. The summed E-state index contributed by atoms with van der Waals surface area (Å²) in [5.41, 5.74) is 0.628. The van der Waals surface area contributed by atoms with Crippen LogP contribution in [0.1, 0.15) is 48.8 Å². The number of Topliss-reactive ketones (excluding diaryl/α,β-unsaturated/α-hetero) is 1. The van der Waals surface area contributed by atoms with Gasteiger partial charge in [-0.2, -0.15) is 0 Å². The van der Waals surface area contributed by atoms with E-state index in [0.717, 1.165) is 36.5 Å². The third-order valence-electron chi connectivity index (χ3n) is 6.25. The van der Waals surface area contributed by atoms with Gasteiger partial charge in [0.1, 0.15) is 23.3 Å². The van der Waals surface area contributed by atoms with E-state index in [1.54, 1.807) is 17.0 Å². The number of hydrogen-bond donors (Lipinski definition) is 1. The van der Waals surface area contributed by atoms with Gasteiger partial charge in [0, 0.05) is 11.6 Å². The van der Waals surface area contributed by atoms with E-state index >= 15 is 0 Å². The number of amides is 1. The molecule has 30 heavy (non-hydrogen) atoms. The highest BCUT2D eigenvalue weighted by atomic mass is 16.3. The van der Waals surface area contributed by atoms with Gasteiger partial charge in [-0.05, 0) is 48.7 Å². The van der Waals surface area contributed by atoms with E-state index in [-0.39, 0.29) is 17.4 Å². The highest BCUT2D eigenvalue weighted by Crippen LogP contribution is 2.44. The number of benzene rings is 2. The predicted molar refractivity (Wildman–Crippen MR) is 114 cm³/mol. The fourth-order valence-electron chi connectivity index (χ4n) is 4.78. The fraction of sp³-hybridized carbons (Fsp3) is 0.280. The second-order valence-corrected chi connectivity index (χ2v) is 8.15. The molecule has 1 unspecified atom stereocenters. The Morgan fingerprint density at radius 2 is 1.73 bits per heavy atom. The largest absolute Gasteiger partial charge is 0.507 e. The highest BCUT2D eigenvalue weighted by Gasteiger charge is 2.50. The fourth-order valence-corrected chi connectivity index (χ4v) is 4.78. The Kier molecular flexibility index (Phi) is 4.46. The van der Waals surface area contributed by atoms with Gasteiger partial charge in [-0.25, -0.2) is 0 Å². The maximum atomic E-state index is 13.1. The SMILES string of the molecule is Cc1ccc(C2/C(=C(/O)c3ccc4ccccc4c3)C(=O)C(=O)N2C2CCCC2)o1. The number of ketones is 1. The van der Waals surface area contributed by atoms with Crippen LogP contribution in [-0.4, -0.2) is 27.7 Å². The van der Waals surface area contributed by atoms with E-state index in [1.807, 2.05) is 49.4 Å². The molecule has 3 aromatic rings. The number of aliphatic hydroxyl groups excluding tert-OH is 1. The van der Waals surface area contributed by atoms with Crippen molar-refractivity contribution in [2.75, 3.05) is 0 Å². The molecule has 2 aromatic carbocycles. The van der Waals surface area contributed by atoms with Crippen molar-refractivity contribution in [3.63, 3.8) is 0 Å². The summed E-state index contributed by atoms with van der Waals surface area (Å²) in [5.74, 6) is -0.137. The van der Waals surface area contributed by atoms with Gasteiger partial charge in [-0.1, -0.05) is 49.2 Å². The lowest BCUT2D eigenvalue weighted by molar-refractivity contribution is -0.141. The Morgan fingerprint density at radius 3 is 2.43 bits per heavy atom. The maximum absolute atomic E-state index is 13.1. The van der Waals surface area contributed by atoms with Gasteiger partial charge in [-0.15, -0.1) is 0 Å². The number of carbonyl (C=O) groups is 2. The zero-order valence-electron chi connectivity index (χ0n) is 16.8. The summed E-state index contributed by atoms with van der Waals surface area (Å²) in [7, 11) is 0. The normalized spacial score (nSPS) is 21.8. The van der Waals surface area contributed by atoms with Crippen molar-refractivity contribution < 1.29 is 19.1 Å². The summed E-state index contributed by atoms with van der Waals surface area (Å²) in [6.45, 7) is 1.83. The molecule has 2 fully saturated rings. The van der Waals surface area contributed by atoms with Crippen molar-refractivity contribution in [2.24, 2.45) is 0 Å². The molecule has 5 rings (SSSR count). The molecule has 0 spiro atoms. The molecular weight excluding hydrogens is 378 g/mol. The van der Waals surface area contributed by atoms with E-state index in [9.17, 15) is 14.7 Å². The van der Waals surface area contributed by atoms with Crippen molar-refractivity contribution in [2.45, 2.75) is 44.7 Å². The van der Waals surface area contributed by atoms with Gasteiger partial charge < -0.3 is 14.4 Å². The first kappa shape index (κ1) is 18.7. The minimum absolute atomic E-state index is 0.0150. The number of carbonyl (C=O) groups excluding carboxylic acids is 2. The Morgan fingerprint density at radius 1 is 1.00 bits per heavy atom. The average Bonchev–Trinajstić information content (AvgIpc) is 3.48. The van der Waals surface area contributed by atoms with Crippen LogP contribution < -0.4 is 0 Å². The Hall–Kier alpha value is -3.34. The lowest BCUT2D eigenvalue weighted by Gasteiger charge is -2.29. The van der Waals surface area contributed by atoms with Crippen molar-refractivity contribution >= 4 is 28.2 Å². The molecule has 1 atom stereocenters. The Balaban J connectivity index is 1.68. The number of hydrogen-bond acceptors (Lipinski definition) is 4. The second-order valence-electron chi connectivity index (χ2n) is 8.15. The van der Waals surface area contributed by atoms with E-state index in [1.165, 1.54) is 0 Å². The molecular formula is C25H23NO4. The molecule has 1 aliphatic heterocycles. The van der Waals surface area contributed by atoms with Crippen LogP contribution >= 0.6 is 0 Å². The summed E-state index contributed by atoms with van der Waals surface area (Å²) in [4.78, 5) is 27.8. The summed E-state index contributed by atoms with van der Waals surface area (Å²) in [6, 6.07) is 16.3. The maximum Gasteiger partial charge on any atom is 0.296 e. The standard InChI is InChI=1S/C25H23NO4/c1-15-10-13-20(30-15)22-21(24(28)25(29)26(22)19-8-4-5-9-19)23(27)18-12-11-16-6-2-3-7-17(16)14-18/h2-3,6-7,10-14,19,22,27H,4-5,8-9H2,1H3/b23-21-. The van der Waals surface area contributed by atoms with Crippen LogP contribution in [-0.2, 0) is 9.59 Å². The smallest absolute Gasteiger partial charge is 0.296 e. The topological polar surface area (TPSA) is 70.8 Å². The quantitative estimate of drug-likeness (QED) is 0.376. The van der Waals surface area contributed by atoms with Crippen molar-refractivity contribution in [3.8, 4) is 0 Å². The summed E-state index contributed by atoms with van der Waals surface area (Å²) in [6.07, 6.45) is 3.78. The van der Waals surface area contributed by atoms with Crippen LogP contribution in [0.25, 0.3) is 16.5 Å². The van der Waals surface area contributed by atoms with Crippen molar-refractivity contribution in [3.05, 3.63) is 77.3 Å². The summed E-state index contributed by atoms with van der Waals surface area (Å²) >= 11 is 0. The lowest BCUT2D eigenvalue weighted by atomic mass is 9.97. The molecule has 5 heteroatoms. The molecule has 152 valence electrons. The first-order valence-corrected chi connectivity index (χ1v) is 10.4. The zero-order chi connectivity index (χ0) is 20.8. The summed E-state index contributed by atoms with van der Waals surface area (Å²) < 4.78 is 5.85. The van der Waals surface area contributed by atoms with Crippen LogP contribution in [0.4, 0.5) is 0 Å². The number of aliphatic hydroxyl groups is 1. The zero-order valence-corrected chi connectivity index (χ0v) is 16.8. The third-order valence-corrected chi connectivity index (χ3v) is 6.25. The molecule has 1 saturated heterocycles. The van der Waals surface area contributed by atoms with Crippen LogP contribution in [0.2, 0.25) is 0 Å². The minimum Gasteiger partial charge on any atom is -0.507 e. The van der Waals surface area contributed by atoms with Gasteiger partial charge in [0.15, 0.2) is 0 Å². The van der Waals surface area contributed by atoms with Crippen molar-refractivity contribution in [1.29, 1.82) is 0 Å². The predicted octanol–water partition coefficient (Wildman–Crippen LogP) is 5.11. The minimum atomic E-state index is -0.701. The Labute approximate surface area is 174 Å². The first-order valence-electron chi connectivity index (χ1n) is 10.4.